The maximum Gasteiger partial charge on any atom is 0.0961 e. The maximum atomic E-state index is 5.44. The zero-order chi connectivity index (χ0) is 6.77. The Morgan fingerprint density at radius 3 is 3.00 bits per heavy atom. The average Bonchev–Trinajstić information content (AvgIpc) is 2.48. The summed E-state index contributed by atoms with van der Waals surface area (Å²) in [5.74, 6) is 0.774. The van der Waals surface area contributed by atoms with Crippen molar-refractivity contribution in [1.29, 1.82) is 0 Å². The second kappa shape index (κ2) is 1.40. The van der Waals surface area contributed by atoms with Crippen molar-refractivity contribution >= 4 is 0 Å². The number of nitrogens with one attached hydrogen (secondary N) is 1. The lowest BCUT2D eigenvalue weighted by Crippen LogP contribution is -2.63. The van der Waals surface area contributed by atoms with Crippen molar-refractivity contribution in [2.45, 2.75) is 11.7 Å². The molecule has 0 amide bonds. The van der Waals surface area contributed by atoms with Crippen LogP contribution in [0.15, 0.2) is 0 Å². The second-order valence-electron chi connectivity index (χ2n) is 3.57. The third-order valence-corrected chi connectivity index (χ3v) is 3.34. The molecule has 1 spiro atoms. The minimum Gasteiger partial charge on any atom is -0.379 e. The van der Waals surface area contributed by atoms with Crippen LogP contribution in [0, 0.1) is 5.92 Å². The van der Waals surface area contributed by atoms with Gasteiger partial charge in [-0.3, -0.25) is 10.2 Å². The highest BCUT2D eigenvalue weighted by molar-refractivity contribution is 5.24. The Morgan fingerprint density at radius 2 is 2.50 bits per heavy atom. The lowest BCUT2D eigenvalue weighted by molar-refractivity contribution is -0.000000829. The van der Waals surface area contributed by atoms with Crippen LogP contribution >= 0.6 is 0 Å². The predicted octanol–water partition coefficient (Wildman–Crippen LogP) is -0.754. The zero-order valence-corrected chi connectivity index (χ0v) is 6.13. The number of rotatable bonds is 0. The van der Waals surface area contributed by atoms with E-state index in [9.17, 15) is 0 Å². The molecular formula is C7H12N2O. The Bertz CT molecular complexity index is 176. The smallest absolute Gasteiger partial charge is 0.0961 e. The van der Waals surface area contributed by atoms with E-state index in [1.807, 2.05) is 0 Å². The summed E-state index contributed by atoms with van der Waals surface area (Å²) >= 11 is 0. The molecule has 3 rings (SSSR count). The lowest BCUT2D eigenvalue weighted by atomic mass is 9.87. The lowest BCUT2D eigenvalue weighted by Gasteiger charge is -2.41. The third-order valence-electron chi connectivity index (χ3n) is 3.34. The van der Waals surface area contributed by atoms with Gasteiger partial charge in [-0.05, 0) is 7.05 Å². The van der Waals surface area contributed by atoms with Gasteiger partial charge < -0.3 is 4.74 Å². The minimum absolute atomic E-state index is 0.401. The summed E-state index contributed by atoms with van der Waals surface area (Å²) in [6.45, 7) is 3.05. The molecule has 10 heavy (non-hydrogen) atoms. The van der Waals surface area contributed by atoms with Crippen LogP contribution in [0.1, 0.15) is 0 Å². The van der Waals surface area contributed by atoms with Crippen LogP contribution in [0.3, 0.4) is 0 Å². The Kier molecular flexibility index (Phi) is 0.770. The first-order valence-corrected chi connectivity index (χ1v) is 3.91. The Morgan fingerprint density at radius 1 is 1.60 bits per heavy atom. The van der Waals surface area contributed by atoms with Crippen LogP contribution in [0.4, 0.5) is 0 Å². The fraction of sp³-hybridized carbons (Fsp3) is 1.00. The number of likely N-dealkylation sites (N-methyl/N-ethyl adjacent to an activating group) is 1. The average molecular weight is 140 g/mol. The summed E-state index contributed by atoms with van der Waals surface area (Å²) in [6, 6.07) is 0.681. The topological polar surface area (TPSA) is 24.3 Å². The highest BCUT2D eigenvalue weighted by Crippen LogP contribution is 2.50. The normalized spacial score (nSPS) is 63.9. The molecule has 3 nitrogen and oxygen atoms in total. The van der Waals surface area contributed by atoms with Gasteiger partial charge in [0, 0.05) is 12.5 Å². The number of hydrogen-bond acceptors (Lipinski definition) is 3. The van der Waals surface area contributed by atoms with Gasteiger partial charge in [0.25, 0.3) is 0 Å². The van der Waals surface area contributed by atoms with E-state index in [1.54, 1.807) is 0 Å². The quantitative estimate of drug-likeness (QED) is 0.448. The van der Waals surface area contributed by atoms with Gasteiger partial charge in [0.15, 0.2) is 0 Å². The third kappa shape index (κ3) is 0.367. The van der Waals surface area contributed by atoms with Crippen LogP contribution < -0.4 is 5.32 Å². The van der Waals surface area contributed by atoms with Gasteiger partial charge in [-0.25, -0.2) is 0 Å². The largest absolute Gasteiger partial charge is 0.379 e. The molecule has 0 aromatic carbocycles. The molecule has 0 radical (unpaired) electrons. The Balaban J connectivity index is 1.92. The van der Waals surface area contributed by atoms with Crippen molar-refractivity contribution in [3.05, 3.63) is 0 Å². The molecule has 56 valence electrons. The summed E-state index contributed by atoms with van der Waals surface area (Å²) in [5.41, 5.74) is 0.401. The molecular weight excluding hydrogens is 128 g/mol. The van der Waals surface area contributed by atoms with E-state index in [0.717, 1.165) is 25.7 Å². The molecule has 0 aliphatic carbocycles. The van der Waals surface area contributed by atoms with Gasteiger partial charge in [-0.15, -0.1) is 0 Å². The van der Waals surface area contributed by atoms with Gasteiger partial charge in [0.2, 0.25) is 0 Å². The molecule has 4 unspecified atom stereocenters. The van der Waals surface area contributed by atoms with Gasteiger partial charge in [0.05, 0.1) is 24.9 Å². The number of nitrogens with zero attached hydrogens (tertiary/aromatic N) is 1. The highest BCUT2D eigenvalue weighted by atomic mass is 16.5. The number of hydrogen-bond donors (Lipinski definition) is 1. The molecule has 4 atom stereocenters. The van der Waals surface area contributed by atoms with Crippen molar-refractivity contribution in [3.63, 3.8) is 0 Å². The van der Waals surface area contributed by atoms with Gasteiger partial charge in [0.1, 0.15) is 0 Å². The van der Waals surface area contributed by atoms with Crippen LogP contribution in [-0.4, -0.2) is 43.4 Å². The summed E-state index contributed by atoms with van der Waals surface area (Å²) in [4.78, 5) is 2.40. The van der Waals surface area contributed by atoms with Crippen molar-refractivity contribution in [1.82, 2.24) is 10.2 Å². The number of ether oxygens (including phenoxy) is 1. The zero-order valence-electron chi connectivity index (χ0n) is 6.13. The second-order valence-corrected chi connectivity index (χ2v) is 3.57. The van der Waals surface area contributed by atoms with Crippen molar-refractivity contribution < 1.29 is 4.74 Å². The van der Waals surface area contributed by atoms with E-state index in [-0.39, 0.29) is 0 Å². The van der Waals surface area contributed by atoms with Crippen LogP contribution in [-0.2, 0) is 4.74 Å². The molecule has 1 N–H and O–H groups in total. The molecule has 0 bridgehead atoms. The van der Waals surface area contributed by atoms with E-state index in [2.05, 4.69) is 17.3 Å². The van der Waals surface area contributed by atoms with E-state index in [4.69, 9.17) is 4.74 Å². The fourth-order valence-electron chi connectivity index (χ4n) is 2.51. The molecule has 0 aromatic heterocycles. The van der Waals surface area contributed by atoms with Crippen molar-refractivity contribution in [3.8, 4) is 0 Å². The van der Waals surface area contributed by atoms with Gasteiger partial charge in [-0.1, -0.05) is 0 Å². The molecule has 3 heterocycles. The van der Waals surface area contributed by atoms with Crippen LogP contribution in [0.25, 0.3) is 0 Å². The monoisotopic (exact) mass is 140 g/mol. The van der Waals surface area contributed by atoms with Gasteiger partial charge >= 0.3 is 0 Å². The first kappa shape index (κ1) is 5.52. The molecule has 3 aliphatic heterocycles. The van der Waals surface area contributed by atoms with E-state index in [0.29, 0.717) is 11.7 Å². The molecule has 0 saturated carbocycles. The van der Waals surface area contributed by atoms with E-state index in [1.165, 1.54) is 0 Å². The van der Waals surface area contributed by atoms with Crippen LogP contribution in [0.2, 0.25) is 0 Å². The first-order chi connectivity index (χ1) is 4.86. The highest BCUT2D eigenvalue weighted by Gasteiger charge is 2.70. The van der Waals surface area contributed by atoms with Crippen molar-refractivity contribution in [2.75, 3.05) is 26.8 Å². The molecule has 3 fully saturated rings. The SMILES string of the molecule is CN1C2COCC3CNC321. The first-order valence-electron chi connectivity index (χ1n) is 3.91. The molecule has 3 saturated heterocycles. The minimum atomic E-state index is 0.401. The summed E-state index contributed by atoms with van der Waals surface area (Å²) < 4.78 is 5.44. The summed E-state index contributed by atoms with van der Waals surface area (Å²) in [7, 11) is 2.18. The Hall–Kier alpha value is -0.120. The fourth-order valence-corrected chi connectivity index (χ4v) is 2.51. The molecule has 3 aliphatic rings. The summed E-state index contributed by atoms with van der Waals surface area (Å²) in [5, 5.41) is 3.49. The van der Waals surface area contributed by atoms with Crippen molar-refractivity contribution in [2.24, 2.45) is 5.92 Å². The maximum absolute atomic E-state index is 5.44. The standard InChI is InChI=1S/C7H12N2O/c1-9-6-4-10-3-5-2-8-7(5,6)9/h5-6,8H,2-4H2,1H3. The molecule has 0 aromatic rings. The molecule has 3 heteroatoms. The van der Waals surface area contributed by atoms with Gasteiger partial charge in [-0.2, -0.15) is 0 Å². The predicted molar refractivity (Wildman–Crippen MR) is 36.6 cm³/mol. The Labute approximate surface area is 60.3 Å². The van der Waals surface area contributed by atoms with E-state index >= 15 is 0 Å². The summed E-state index contributed by atoms with van der Waals surface area (Å²) in [6.07, 6.45) is 0. The van der Waals surface area contributed by atoms with E-state index < -0.39 is 0 Å². The van der Waals surface area contributed by atoms with Crippen LogP contribution in [0.5, 0.6) is 0 Å².